The van der Waals surface area contributed by atoms with Gasteiger partial charge in [-0.05, 0) is 30.0 Å². The number of aliphatic hydroxyl groups excluding tert-OH is 1. The highest BCUT2D eigenvalue weighted by Gasteiger charge is 2.23. The zero-order chi connectivity index (χ0) is 15.3. The second kappa shape index (κ2) is 6.83. The molecule has 2 rings (SSSR count). The molecular formula is C13H19NO5S. The average Bonchev–Trinajstić information content (AvgIpc) is 2.70. The molecule has 3 N–H and O–H groups in total. The van der Waals surface area contributed by atoms with Crippen LogP contribution in [0.1, 0.15) is 30.4 Å². The summed E-state index contributed by atoms with van der Waals surface area (Å²) in [6.45, 7) is 1.70. The van der Waals surface area contributed by atoms with Crippen molar-refractivity contribution in [2.24, 2.45) is 0 Å². The first-order valence-electron chi connectivity index (χ1n) is 6.15. The van der Waals surface area contributed by atoms with E-state index in [4.69, 9.17) is 4.55 Å². The predicted molar refractivity (Wildman–Crippen MR) is 76.4 cm³/mol. The lowest BCUT2D eigenvalue weighted by Gasteiger charge is -2.10. The van der Waals surface area contributed by atoms with Gasteiger partial charge in [-0.1, -0.05) is 12.1 Å². The van der Waals surface area contributed by atoms with Gasteiger partial charge in [0, 0.05) is 25.1 Å². The van der Waals surface area contributed by atoms with Gasteiger partial charge in [0.1, 0.15) is 0 Å². The van der Waals surface area contributed by atoms with E-state index in [9.17, 15) is 18.3 Å². The molecule has 0 aromatic heterocycles. The van der Waals surface area contributed by atoms with E-state index < -0.39 is 10.1 Å². The van der Waals surface area contributed by atoms with Gasteiger partial charge in [-0.3, -0.25) is 9.35 Å². The Kier molecular flexibility index (Phi) is 5.67. The van der Waals surface area contributed by atoms with Crippen molar-refractivity contribution in [2.45, 2.75) is 25.7 Å². The number of fused-ring (bicyclic) bond motifs is 1. The van der Waals surface area contributed by atoms with E-state index in [1.54, 1.807) is 0 Å². The maximum Gasteiger partial charge on any atom is 0.261 e. The summed E-state index contributed by atoms with van der Waals surface area (Å²) in [7, 11) is -3.67. The van der Waals surface area contributed by atoms with Crippen LogP contribution in [-0.2, 0) is 21.3 Å². The normalized spacial score (nSPS) is 16.9. The molecule has 1 aromatic carbocycles. The maximum absolute atomic E-state index is 11.0. The number of aliphatic hydroxyl groups is 1. The lowest BCUT2D eigenvalue weighted by atomic mass is 10.0. The monoisotopic (exact) mass is 301 g/mol. The van der Waals surface area contributed by atoms with Crippen LogP contribution < -0.4 is 5.32 Å². The number of benzene rings is 1. The molecule has 1 aromatic rings. The molecule has 1 atom stereocenters. The highest BCUT2D eigenvalue weighted by molar-refractivity contribution is 7.85. The fraction of sp³-hybridized carbons (Fsp3) is 0.462. The van der Waals surface area contributed by atoms with E-state index in [-0.39, 0.29) is 18.4 Å². The maximum atomic E-state index is 11.0. The number of rotatable bonds is 2. The first kappa shape index (κ1) is 16.6. The van der Waals surface area contributed by atoms with Crippen molar-refractivity contribution in [1.29, 1.82) is 0 Å². The van der Waals surface area contributed by atoms with Crippen LogP contribution in [0, 0.1) is 0 Å². The highest BCUT2D eigenvalue weighted by atomic mass is 32.2. The molecule has 0 spiro atoms. The SMILES string of the molecule is CC(=O)Nc1cccc2c1CCC2CO.CS(=O)(=O)O. The molecule has 0 aliphatic heterocycles. The number of nitrogens with one attached hydrogen (secondary N) is 1. The highest BCUT2D eigenvalue weighted by Crippen LogP contribution is 2.36. The predicted octanol–water partition coefficient (Wildman–Crippen LogP) is 1.17. The van der Waals surface area contributed by atoms with Crippen LogP contribution in [0.3, 0.4) is 0 Å². The largest absolute Gasteiger partial charge is 0.396 e. The van der Waals surface area contributed by atoms with Crippen LogP contribution in [-0.4, -0.2) is 36.8 Å². The summed E-state index contributed by atoms with van der Waals surface area (Å²) in [5.74, 6) is 0.199. The molecule has 0 fully saturated rings. The van der Waals surface area contributed by atoms with Gasteiger partial charge in [-0.2, -0.15) is 8.42 Å². The molecule has 20 heavy (non-hydrogen) atoms. The van der Waals surface area contributed by atoms with Crippen molar-refractivity contribution in [3.8, 4) is 0 Å². The minimum atomic E-state index is -3.67. The van der Waals surface area contributed by atoms with Gasteiger partial charge in [0.25, 0.3) is 10.1 Å². The van der Waals surface area contributed by atoms with E-state index >= 15 is 0 Å². The molecule has 1 amide bonds. The molecule has 1 unspecified atom stereocenters. The Morgan fingerprint density at radius 1 is 1.45 bits per heavy atom. The lowest BCUT2D eigenvalue weighted by molar-refractivity contribution is -0.114. The Morgan fingerprint density at radius 2 is 2.05 bits per heavy atom. The second-order valence-corrected chi connectivity index (χ2v) is 6.17. The molecule has 6 nitrogen and oxygen atoms in total. The number of carbonyl (C=O) groups excluding carboxylic acids is 1. The standard InChI is InChI=1S/C12H15NO2.CH4O3S/c1-8(15)13-12-4-2-3-10-9(7-14)5-6-11(10)12;1-5(2,3)4/h2-4,9,14H,5-7H2,1H3,(H,13,15);1H3,(H,2,3,4). The number of anilines is 1. The molecule has 0 heterocycles. The van der Waals surface area contributed by atoms with Crippen molar-refractivity contribution in [3.05, 3.63) is 29.3 Å². The van der Waals surface area contributed by atoms with E-state index in [0.717, 1.165) is 18.5 Å². The third-order valence-corrected chi connectivity index (χ3v) is 2.93. The van der Waals surface area contributed by atoms with Crippen molar-refractivity contribution in [1.82, 2.24) is 0 Å². The fourth-order valence-corrected chi connectivity index (χ4v) is 2.24. The van der Waals surface area contributed by atoms with Gasteiger partial charge in [0.2, 0.25) is 5.91 Å². The summed E-state index contributed by atoms with van der Waals surface area (Å²) < 4.78 is 25.9. The number of amides is 1. The van der Waals surface area contributed by atoms with E-state index in [1.807, 2.05) is 18.2 Å². The molecule has 0 bridgehead atoms. The smallest absolute Gasteiger partial charge is 0.261 e. The van der Waals surface area contributed by atoms with Crippen LogP contribution in [0.4, 0.5) is 5.69 Å². The molecule has 1 aliphatic carbocycles. The molecule has 1 aliphatic rings. The topological polar surface area (TPSA) is 104 Å². The van der Waals surface area contributed by atoms with Gasteiger partial charge in [-0.15, -0.1) is 0 Å². The third kappa shape index (κ3) is 5.28. The second-order valence-electron chi connectivity index (χ2n) is 4.71. The average molecular weight is 301 g/mol. The van der Waals surface area contributed by atoms with Crippen molar-refractivity contribution in [3.63, 3.8) is 0 Å². The number of hydrogen-bond acceptors (Lipinski definition) is 4. The molecule has 0 radical (unpaired) electrons. The van der Waals surface area contributed by atoms with Crippen LogP contribution in [0.15, 0.2) is 18.2 Å². The minimum absolute atomic E-state index is 0.0455. The zero-order valence-corrected chi connectivity index (χ0v) is 12.3. The number of carbonyl (C=O) groups is 1. The fourth-order valence-electron chi connectivity index (χ4n) is 2.24. The first-order valence-corrected chi connectivity index (χ1v) is 8.00. The van der Waals surface area contributed by atoms with E-state index in [2.05, 4.69) is 5.32 Å². The summed E-state index contributed by atoms with van der Waals surface area (Å²) in [5.41, 5.74) is 3.27. The van der Waals surface area contributed by atoms with Crippen molar-refractivity contribution >= 4 is 21.7 Å². The Morgan fingerprint density at radius 3 is 2.55 bits per heavy atom. The van der Waals surface area contributed by atoms with Crippen molar-refractivity contribution < 1.29 is 22.9 Å². The Bertz CT molecular complexity index is 574. The Hall–Kier alpha value is -1.44. The Labute approximate surface area is 118 Å². The first-order chi connectivity index (χ1) is 9.22. The van der Waals surface area contributed by atoms with Crippen LogP contribution >= 0.6 is 0 Å². The minimum Gasteiger partial charge on any atom is -0.396 e. The van der Waals surface area contributed by atoms with Gasteiger partial charge in [0.05, 0.1) is 6.26 Å². The van der Waals surface area contributed by atoms with E-state index in [1.165, 1.54) is 18.1 Å². The third-order valence-electron chi connectivity index (χ3n) is 2.93. The molecule has 0 saturated heterocycles. The lowest BCUT2D eigenvalue weighted by Crippen LogP contribution is -2.08. The van der Waals surface area contributed by atoms with Gasteiger partial charge < -0.3 is 10.4 Å². The summed E-state index contributed by atoms with van der Waals surface area (Å²) in [5, 5.41) is 12.0. The van der Waals surface area contributed by atoms with Gasteiger partial charge >= 0.3 is 0 Å². The molecular weight excluding hydrogens is 282 g/mol. The Balaban J connectivity index is 0.000000347. The zero-order valence-electron chi connectivity index (χ0n) is 11.5. The summed E-state index contributed by atoms with van der Waals surface area (Å²) in [6, 6.07) is 5.88. The number of hydrogen-bond donors (Lipinski definition) is 3. The summed E-state index contributed by atoms with van der Waals surface area (Å²) in [6.07, 6.45) is 2.63. The van der Waals surface area contributed by atoms with Crippen LogP contribution in [0.5, 0.6) is 0 Å². The summed E-state index contributed by atoms with van der Waals surface area (Å²) >= 11 is 0. The van der Waals surface area contributed by atoms with Gasteiger partial charge in [-0.25, -0.2) is 0 Å². The van der Waals surface area contributed by atoms with Crippen LogP contribution in [0.2, 0.25) is 0 Å². The quantitative estimate of drug-likeness (QED) is 0.711. The molecule has 0 saturated carbocycles. The van der Waals surface area contributed by atoms with Crippen LogP contribution in [0.25, 0.3) is 0 Å². The molecule has 112 valence electrons. The van der Waals surface area contributed by atoms with E-state index in [0.29, 0.717) is 6.26 Å². The summed E-state index contributed by atoms with van der Waals surface area (Å²) in [4.78, 5) is 11.0. The molecule has 7 heteroatoms. The van der Waals surface area contributed by atoms with Gasteiger partial charge in [0.15, 0.2) is 0 Å². The van der Waals surface area contributed by atoms with Crippen molar-refractivity contribution in [2.75, 3.05) is 18.2 Å².